The lowest BCUT2D eigenvalue weighted by molar-refractivity contribution is 0.592. The molecule has 1 atom stereocenters. The number of hydrogen-bond acceptors (Lipinski definition) is 3. The lowest BCUT2D eigenvalue weighted by Gasteiger charge is -2.21. The van der Waals surface area contributed by atoms with Crippen LogP contribution in [-0.4, -0.2) is 9.97 Å². The maximum absolute atomic E-state index is 14.9. The molecule has 34 heavy (non-hydrogen) atoms. The van der Waals surface area contributed by atoms with Crippen LogP contribution in [0.3, 0.4) is 0 Å². The fourth-order valence-electron chi connectivity index (χ4n) is 4.53. The Morgan fingerprint density at radius 1 is 0.529 bits per heavy atom. The maximum Gasteiger partial charge on any atom is 0.171 e. The molecule has 5 aromatic carbocycles. The SMILES string of the molecule is O=P(c1ccccc1)(c1ccc(-c2cccc3nccnc23)cc1)c1ccc2ccccc2c1. The van der Waals surface area contributed by atoms with Gasteiger partial charge in [-0.15, -0.1) is 0 Å². The van der Waals surface area contributed by atoms with E-state index in [0.717, 1.165) is 48.8 Å². The van der Waals surface area contributed by atoms with E-state index in [4.69, 9.17) is 0 Å². The summed E-state index contributed by atoms with van der Waals surface area (Å²) in [5.74, 6) is 0. The molecule has 1 unspecified atom stereocenters. The number of hydrogen-bond donors (Lipinski definition) is 0. The molecule has 0 radical (unpaired) electrons. The van der Waals surface area contributed by atoms with E-state index >= 15 is 0 Å². The first-order valence-electron chi connectivity index (χ1n) is 11.2. The molecule has 6 rings (SSSR count). The maximum atomic E-state index is 14.9. The molecule has 0 N–H and O–H groups in total. The number of para-hydroxylation sites is 1. The van der Waals surface area contributed by atoms with Gasteiger partial charge in [-0.25, -0.2) is 0 Å². The van der Waals surface area contributed by atoms with E-state index in [9.17, 15) is 4.57 Å². The van der Waals surface area contributed by atoms with E-state index in [-0.39, 0.29) is 0 Å². The zero-order valence-electron chi connectivity index (χ0n) is 18.4. The van der Waals surface area contributed by atoms with E-state index in [0.29, 0.717) is 0 Å². The fraction of sp³-hybridized carbons (Fsp3) is 0. The second-order valence-corrected chi connectivity index (χ2v) is 11.0. The van der Waals surface area contributed by atoms with Gasteiger partial charge in [0.25, 0.3) is 0 Å². The summed E-state index contributed by atoms with van der Waals surface area (Å²) in [4.78, 5) is 8.96. The van der Waals surface area contributed by atoms with Crippen LogP contribution in [0.1, 0.15) is 0 Å². The largest absolute Gasteiger partial charge is 0.309 e. The Bertz CT molecular complexity index is 1670. The highest BCUT2D eigenvalue weighted by atomic mass is 31.2. The van der Waals surface area contributed by atoms with Gasteiger partial charge in [-0.3, -0.25) is 9.97 Å². The van der Waals surface area contributed by atoms with Crippen LogP contribution in [-0.2, 0) is 4.57 Å². The van der Waals surface area contributed by atoms with Gasteiger partial charge >= 0.3 is 0 Å². The Morgan fingerprint density at radius 2 is 1.21 bits per heavy atom. The predicted molar refractivity (Wildman–Crippen MR) is 142 cm³/mol. The van der Waals surface area contributed by atoms with Gasteiger partial charge in [0.15, 0.2) is 7.14 Å². The fourth-order valence-corrected chi connectivity index (χ4v) is 7.19. The molecule has 4 heteroatoms. The second-order valence-electron chi connectivity index (χ2n) is 8.25. The molecule has 162 valence electrons. The van der Waals surface area contributed by atoms with Gasteiger partial charge in [-0.2, -0.15) is 0 Å². The number of benzene rings is 5. The highest BCUT2D eigenvalue weighted by Crippen LogP contribution is 2.43. The zero-order valence-corrected chi connectivity index (χ0v) is 19.3. The minimum absolute atomic E-state index is 0.809. The van der Waals surface area contributed by atoms with Crippen molar-refractivity contribution in [2.75, 3.05) is 0 Å². The molecule has 0 saturated heterocycles. The Morgan fingerprint density at radius 3 is 2.03 bits per heavy atom. The van der Waals surface area contributed by atoms with Crippen molar-refractivity contribution in [3.63, 3.8) is 0 Å². The summed E-state index contributed by atoms with van der Waals surface area (Å²) in [6.07, 6.45) is 3.42. The lowest BCUT2D eigenvalue weighted by Crippen LogP contribution is -2.25. The molecule has 0 spiro atoms. The lowest BCUT2D eigenvalue weighted by atomic mass is 10.0. The molecule has 3 nitrogen and oxygen atoms in total. The summed E-state index contributed by atoms with van der Waals surface area (Å²) in [7, 11) is -3.07. The third-order valence-electron chi connectivity index (χ3n) is 6.26. The van der Waals surface area contributed by atoms with E-state index in [2.05, 4.69) is 34.2 Å². The van der Waals surface area contributed by atoms with Crippen molar-refractivity contribution in [2.24, 2.45) is 0 Å². The first-order valence-corrected chi connectivity index (χ1v) is 12.9. The van der Waals surface area contributed by atoms with Gasteiger partial charge in [-0.1, -0.05) is 103 Å². The molecule has 0 amide bonds. The van der Waals surface area contributed by atoms with Crippen LogP contribution in [0, 0.1) is 0 Å². The smallest absolute Gasteiger partial charge is 0.171 e. The summed E-state index contributed by atoms with van der Waals surface area (Å²) >= 11 is 0. The number of fused-ring (bicyclic) bond motifs is 2. The molecule has 6 aromatic rings. The van der Waals surface area contributed by atoms with Crippen molar-refractivity contribution in [3.05, 3.63) is 128 Å². The number of rotatable bonds is 4. The van der Waals surface area contributed by atoms with Crippen LogP contribution in [0.2, 0.25) is 0 Å². The number of aromatic nitrogens is 2. The average Bonchev–Trinajstić information content (AvgIpc) is 2.92. The monoisotopic (exact) mass is 456 g/mol. The summed E-state index contributed by atoms with van der Waals surface area (Å²) in [6, 6.07) is 38.2. The van der Waals surface area contributed by atoms with Crippen molar-refractivity contribution >= 4 is 44.9 Å². The first-order chi connectivity index (χ1) is 16.7. The van der Waals surface area contributed by atoms with Crippen LogP contribution in [0.5, 0.6) is 0 Å². The van der Waals surface area contributed by atoms with Gasteiger partial charge in [0.2, 0.25) is 0 Å². The molecule has 0 aliphatic carbocycles. The summed E-state index contributed by atoms with van der Waals surface area (Å²) in [5.41, 5.74) is 3.75. The van der Waals surface area contributed by atoms with Crippen molar-refractivity contribution in [1.82, 2.24) is 9.97 Å². The van der Waals surface area contributed by atoms with E-state index in [1.165, 1.54) is 0 Å². The summed E-state index contributed by atoms with van der Waals surface area (Å²) in [6.45, 7) is 0. The quantitative estimate of drug-likeness (QED) is 0.302. The van der Waals surface area contributed by atoms with Gasteiger partial charge in [-0.05, 0) is 28.5 Å². The van der Waals surface area contributed by atoms with Crippen LogP contribution in [0.15, 0.2) is 128 Å². The normalized spacial score (nSPS) is 13.1. The van der Waals surface area contributed by atoms with Crippen molar-refractivity contribution in [1.29, 1.82) is 0 Å². The van der Waals surface area contributed by atoms with E-state index in [1.807, 2.05) is 91.0 Å². The first kappa shape index (κ1) is 20.5. The Kier molecular flexibility index (Phi) is 5.05. The minimum Gasteiger partial charge on any atom is -0.309 e. The average molecular weight is 456 g/mol. The molecule has 1 heterocycles. The molecule has 0 aliphatic heterocycles. The topological polar surface area (TPSA) is 42.9 Å². The molecule has 1 aromatic heterocycles. The Labute approximate surface area is 198 Å². The van der Waals surface area contributed by atoms with Gasteiger partial charge in [0.1, 0.15) is 0 Å². The van der Waals surface area contributed by atoms with Crippen LogP contribution in [0.4, 0.5) is 0 Å². The third-order valence-corrected chi connectivity index (χ3v) is 9.31. The Balaban J connectivity index is 1.51. The summed E-state index contributed by atoms with van der Waals surface area (Å²) in [5, 5.41) is 4.69. The number of nitrogens with zero attached hydrogens (tertiary/aromatic N) is 2. The Hall–Kier alpha value is -4.07. The molecule has 0 saturated carbocycles. The van der Waals surface area contributed by atoms with Gasteiger partial charge in [0, 0.05) is 33.9 Å². The van der Waals surface area contributed by atoms with Crippen molar-refractivity contribution in [3.8, 4) is 11.1 Å². The van der Waals surface area contributed by atoms with Crippen LogP contribution >= 0.6 is 7.14 Å². The standard InChI is InChI=1S/C30H21N2OP/c33-34(25-9-2-1-3-10-25,27-18-13-22-7-4-5-8-24(22)21-27)26-16-14-23(15-17-26)28-11-6-12-29-30(28)32-20-19-31-29/h1-21H. The molecular formula is C30H21N2OP. The van der Waals surface area contributed by atoms with Crippen LogP contribution in [0.25, 0.3) is 32.9 Å². The van der Waals surface area contributed by atoms with Crippen molar-refractivity contribution in [2.45, 2.75) is 0 Å². The molecule has 0 fully saturated rings. The third kappa shape index (κ3) is 3.42. The molecular weight excluding hydrogens is 435 g/mol. The second kappa shape index (κ2) is 8.37. The van der Waals surface area contributed by atoms with E-state index in [1.54, 1.807) is 12.4 Å². The summed E-state index contributed by atoms with van der Waals surface area (Å²) < 4.78 is 14.9. The highest BCUT2D eigenvalue weighted by molar-refractivity contribution is 7.85. The highest BCUT2D eigenvalue weighted by Gasteiger charge is 2.30. The minimum atomic E-state index is -3.07. The van der Waals surface area contributed by atoms with Crippen LogP contribution < -0.4 is 15.9 Å². The van der Waals surface area contributed by atoms with Gasteiger partial charge in [0.05, 0.1) is 11.0 Å². The zero-order chi connectivity index (χ0) is 23.0. The predicted octanol–water partition coefficient (Wildman–Crippen LogP) is 6.09. The van der Waals surface area contributed by atoms with Gasteiger partial charge < -0.3 is 4.57 Å². The van der Waals surface area contributed by atoms with E-state index < -0.39 is 7.14 Å². The molecule has 0 aliphatic rings. The van der Waals surface area contributed by atoms with Crippen molar-refractivity contribution < 1.29 is 4.57 Å². The molecule has 0 bridgehead atoms.